The van der Waals surface area contributed by atoms with Crippen LogP contribution < -0.4 is 10.6 Å². The molecule has 7 heteroatoms. The molecule has 3 N–H and O–H groups in total. The molecule has 0 amide bonds. The molecule has 1 saturated heterocycles. The highest BCUT2D eigenvalue weighted by Crippen LogP contribution is 2.31. The van der Waals surface area contributed by atoms with E-state index in [2.05, 4.69) is 39.9 Å². The number of hydrogen-bond donors (Lipinski definition) is 3. The molecule has 1 aliphatic heterocycles. The van der Waals surface area contributed by atoms with E-state index in [0.717, 1.165) is 37.5 Å². The molecule has 1 aromatic rings. The lowest BCUT2D eigenvalue weighted by molar-refractivity contribution is 0.127. The fourth-order valence-corrected chi connectivity index (χ4v) is 2.91. The number of rotatable bonds is 8. The second-order valence-electron chi connectivity index (χ2n) is 6.31. The quantitative estimate of drug-likeness (QED) is 0.312. The van der Waals surface area contributed by atoms with Crippen LogP contribution in [0.4, 0.5) is 0 Å². The summed E-state index contributed by atoms with van der Waals surface area (Å²) in [5.74, 6) is 0.764. The van der Waals surface area contributed by atoms with Crippen molar-refractivity contribution in [1.82, 2.24) is 10.6 Å². The van der Waals surface area contributed by atoms with Gasteiger partial charge in [0, 0.05) is 45.9 Å². The third kappa shape index (κ3) is 7.08. The molecule has 0 aliphatic carbocycles. The van der Waals surface area contributed by atoms with Gasteiger partial charge in [-0.3, -0.25) is 4.99 Å². The molecular formula is C18H30IN3O3. The second kappa shape index (κ2) is 11.7. The molecule has 1 fully saturated rings. The number of aliphatic hydroxyl groups is 1. The Morgan fingerprint density at radius 2 is 2.00 bits per heavy atom. The van der Waals surface area contributed by atoms with Gasteiger partial charge >= 0.3 is 0 Å². The number of halogens is 1. The lowest BCUT2D eigenvalue weighted by Crippen LogP contribution is -2.44. The normalized spacial score (nSPS) is 20.2. The Morgan fingerprint density at radius 3 is 2.56 bits per heavy atom. The molecule has 1 atom stereocenters. The number of ether oxygens (including phenoxy) is 2. The zero-order chi connectivity index (χ0) is 17.3. The van der Waals surface area contributed by atoms with Crippen LogP contribution in [0, 0.1) is 5.41 Å². The van der Waals surface area contributed by atoms with E-state index in [1.807, 2.05) is 0 Å². The summed E-state index contributed by atoms with van der Waals surface area (Å²) in [6.45, 7) is 3.73. The van der Waals surface area contributed by atoms with E-state index in [1.54, 1.807) is 14.2 Å². The third-order valence-corrected chi connectivity index (χ3v) is 4.48. The van der Waals surface area contributed by atoms with Crippen LogP contribution in [0.1, 0.15) is 24.0 Å². The van der Waals surface area contributed by atoms with Gasteiger partial charge in [-0.15, -0.1) is 24.0 Å². The van der Waals surface area contributed by atoms with Crippen LogP contribution in [0.3, 0.4) is 0 Å². The molecule has 142 valence electrons. The highest BCUT2D eigenvalue weighted by atomic mass is 127. The number of guanidine groups is 1. The van der Waals surface area contributed by atoms with Gasteiger partial charge in [0.15, 0.2) is 5.96 Å². The molecule has 25 heavy (non-hydrogen) atoms. The summed E-state index contributed by atoms with van der Waals surface area (Å²) < 4.78 is 10.6. The molecule has 6 nitrogen and oxygen atoms in total. The highest BCUT2D eigenvalue weighted by Gasteiger charge is 2.34. The maximum Gasteiger partial charge on any atom is 0.191 e. The maximum atomic E-state index is 9.29. The van der Waals surface area contributed by atoms with Gasteiger partial charge in [-0.25, -0.2) is 0 Å². The van der Waals surface area contributed by atoms with E-state index >= 15 is 0 Å². The number of methoxy groups -OCH3 is 1. The van der Waals surface area contributed by atoms with Crippen molar-refractivity contribution in [3.8, 4) is 0 Å². The lowest BCUT2D eigenvalue weighted by atomic mass is 9.84. The van der Waals surface area contributed by atoms with E-state index in [4.69, 9.17) is 9.47 Å². The SMILES string of the molecule is CN=C(NCc1ccc(COC)cc1)NCC1(CCO)CCOC1.I. The van der Waals surface area contributed by atoms with Gasteiger partial charge in [-0.05, 0) is 24.0 Å². The minimum atomic E-state index is 0. The molecule has 1 aliphatic rings. The Kier molecular flexibility index (Phi) is 10.3. The number of aliphatic hydroxyl groups excluding tert-OH is 1. The van der Waals surface area contributed by atoms with Gasteiger partial charge in [0.05, 0.1) is 13.2 Å². The van der Waals surface area contributed by atoms with E-state index in [1.165, 1.54) is 5.56 Å². The summed E-state index contributed by atoms with van der Waals surface area (Å²) in [6.07, 6.45) is 1.72. The molecule has 1 heterocycles. The lowest BCUT2D eigenvalue weighted by Gasteiger charge is -2.27. The van der Waals surface area contributed by atoms with Crippen LogP contribution >= 0.6 is 24.0 Å². The molecule has 0 spiro atoms. The average molecular weight is 463 g/mol. The van der Waals surface area contributed by atoms with Gasteiger partial charge in [0.2, 0.25) is 0 Å². The van der Waals surface area contributed by atoms with Crippen LogP contribution in [-0.2, 0) is 22.6 Å². The van der Waals surface area contributed by atoms with Gasteiger partial charge < -0.3 is 25.2 Å². The molecule has 2 rings (SSSR count). The largest absolute Gasteiger partial charge is 0.396 e. The fraction of sp³-hybridized carbons (Fsp3) is 0.611. The van der Waals surface area contributed by atoms with Gasteiger partial charge in [0.25, 0.3) is 0 Å². The Morgan fingerprint density at radius 1 is 1.28 bits per heavy atom. The van der Waals surface area contributed by atoms with E-state index in [-0.39, 0.29) is 36.0 Å². The van der Waals surface area contributed by atoms with Gasteiger partial charge in [-0.1, -0.05) is 24.3 Å². The second-order valence-corrected chi connectivity index (χ2v) is 6.31. The summed E-state index contributed by atoms with van der Waals surface area (Å²) in [4.78, 5) is 4.27. The molecule has 0 radical (unpaired) electrons. The molecule has 0 aromatic heterocycles. The van der Waals surface area contributed by atoms with E-state index in [0.29, 0.717) is 19.8 Å². The summed E-state index contributed by atoms with van der Waals surface area (Å²) in [6, 6.07) is 8.32. The zero-order valence-electron chi connectivity index (χ0n) is 15.1. The van der Waals surface area contributed by atoms with Crippen LogP contribution in [0.25, 0.3) is 0 Å². The highest BCUT2D eigenvalue weighted by molar-refractivity contribution is 14.0. The average Bonchev–Trinajstić information content (AvgIpc) is 3.06. The molecule has 1 aromatic carbocycles. The van der Waals surface area contributed by atoms with Gasteiger partial charge in [0.1, 0.15) is 0 Å². The van der Waals surface area contributed by atoms with Crippen molar-refractivity contribution in [3.63, 3.8) is 0 Å². The Hall–Kier alpha value is -0.900. The van der Waals surface area contributed by atoms with Crippen molar-refractivity contribution in [1.29, 1.82) is 0 Å². The summed E-state index contributed by atoms with van der Waals surface area (Å²) >= 11 is 0. The molecule has 1 unspecified atom stereocenters. The van der Waals surface area contributed by atoms with Crippen LogP contribution in [0.5, 0.6) is 0 Å². The fourth-order valence-electron chi connectivity index (χ4n) is 2.91. The number of aliphatic imine (C=N–C) groups is 1. The summed E-state index contributed by atoms with van der Waals surface area (Å²) in [5.41, 5.74) is 2.36. The van der Waals surface area contributed by atoms with Crippen molar-refractivity contribution in [2.75, 3.05) is 40.5 Å². The van der Waals surface area contributed by atoms with Crippen molar-refractivity contribution in [3.05, 3.63) is 35.4 Å². The number of nitrogens with zero attached hydrogens (tertiary/aromatic N) is 1. The topological polar surface area (TPSA) is 75.1 Å². The molecule has 0 saturated carbocycles. The Bertz CT molecular complexity index is 517. The Labute approximate surface area is 167 Å². The zero-order valence-corrected chi connectivity index (χ0v) is 17.4. The molecule has 0 bridgehead atoms. The van der Waals surface area contributed by atoms with E-state index in [9.17, 15) is 5.11 Å². The summed E-state index contributed by atoms with van der Waals surface area (Å²) in [5, 5.41) is 16.0. The summed E-state index contributed by atoms with van der Waals surface area (Å²) in [7, 11) is 3.46. The van der Waals surface area contributed by atoms with E-state index < -0.39 is 0 Å². The van der Waals surface area contributed by atoms with Crippen molar-refractivity contribution in [2.24, 2.45) is 10.4 Å². The number of benzene rings is 1. The number of hydrogen-bond acceptors (Lipinski definition) is 4. The first-order valence-electron chi connectivity index (χ1n) is 8.41. The first-order chi connectivity index (χ1) is 11.7. The van der Waals surface area contributed by atoms with Crippen molar-refractivity contribution < 1.29 is 14.6 Å². The standard InChI is InChI=1S/C18H29N3O3.HI/c1-19-17(21-13-18(7-9-22)8-10-24-14-18)20-11-15-3-5-16(6-4-15)12-23-2;/h3-6,22H,7-14H2,1-2H3,(H2,19,20,21);1H. The van der Waals surface area contributed by atoms with Crippen molar-refractivity contribution >= 4 is 29.9 Å². The van der Waals surface area contributed by atoms with Crippen molar-refractivity contribution in [2.45, 2.75) is 26.0 Å². The Balaban J connectivity index is 0.00000312. The smallest absolute Gasteiger partial charge is 0.191 e. The minimum Gasteiger partial charge on any atom is -0.396 e. The van der Waals surface area contributed by atoms with Crippen LogP contribution in [0.15, 0.2) is 29.3 Å². The monoisotopic (exact) mass is 463 g/mol. The molecular weight excluding hydrogens is 433 g/mol. The third-order valence-electron chi connectivity index (χ3n) is 4.48. The van der Waals surface area contributed by atoms with Crippen LogP contribution in [-0.4, -0.2) is 51.6 Å². The number of nitrogens with one attached hydrogen (secondary N) is 2. The first-order valence-corrected chi connectivity index (χ1v) is 8.41. The van der Waals surface area contributed by atoms with Crippen LogP contribution in [0.2, 0.25) is 0 Å². The first kappa shape index (κ1) is 22.1. The predicted molar refractivity (Wildman–Crippen MR) is 110 cm³/mol. The van der Waals surface area contributed by atoms with Gasteiger partial charge in [-0.2, -0.15) is 0 Å². The maximum absolute atomic E-state index is 9.29. The predicted octanol–water partition coefficient (Wildman–Crippen LogP) is 1.91. The minimum absolute atomic E-state index is 0.